The number of fused-ring (bicyclic) bond motifs is 1. The largest absolute Gasteiger partial charge is 0.507 e. The molecule has 3 rings (SSSR count). The van der Waals surface area contributed by atoms with Crippen LogP contribution in [0.5, 0.6) is 23.0 Å². The summed E-state index contributed by atoms with van der Waals surface area (Å²) in [6.07, 6.45) is 3.05. The number of hydrogen-bond donors (Lipinski definition) is 1. The van der Waals surface area contributed by atoms with Gasteiger partial charge in [-0.2, -0.15) is 0 Å². The Kier molecular flexibility index (Phi) is 3.70. The first kappa shape index (κ1) is 14.0. The fourth-order valence-corrected chi connectivity index (χ4v) is 2.12. The number of carbonyl (C=O) groups is 1. The molecule has 0 fully saturated rings. The Balaban J connectivity index is 1.82. The van der Waals surface area contributed by atoms with Crippen LogP contribution in [0.1, 0.15) is 15.9 Å². The van der Waals surface area contributed by atoms with E-state index < -0.39 is 0 Å². The third-order valence-electron chi connectivity index (χ3n) is 3.29. The molecule has 0 bridgehead atoms. The van der Waals surface area contributed by atoms with Gasteiger partial charge >= 0.3 is 0 Å². The number of rotatable bonds is 4. The molecule has 0 atom stereocenters. The van der Waals surface area contributed by atoms with Crippen molar-refractivity contribution in [2.24, 2.45) is 0 Å². The van der Waals surface area contributed by atoms with Gasteiger partial charge in [-0.25, -0.2) is 0 Å². The van der Waals surface area contributed by atoms with Crippen molar-refractivity contribution >= 4 is 11.9 Å². The summed E-state index contributed by atoms with van der Waals surface area (Å²) >= 11 is 0. The first-order valence-electron chi connectivity index (χ1n) is 6.66. The van der Waals surface area contributed by atoms with E-state index in [0.717, 1.165) is 5.56 Å². The summed E-state index contributed by atoms with van der Waals surface area (Å²) in [7, 11) is 1.50. The van der Waals surface area contributed by atoms with Crippen molar-refractivity contribution in [3.63, 3.8) is 0 Å². The van der Waals surface area contributed by atoms with Crippen LogP contribution in [-0.2, 0) is 0 Å². The number of benzene rings is 2. The zero-order chi connectivity index (χ0) is 15.5. The zero-order valence-corrected chi connectivity index (χ0v) is 11.9. The Morgan fingerprint density at radius 2 is 2.00 bits per heavy atom. The summed E-state index contributed by atoms with van der Waals surface area (Å²) < 4.78 is 15.6. The summed E-state index contributed by atoms with van der Waals surface area (Å²) in [5, 5.41) is 9.78. The molecule has 0 amide bonds. The first-order valence-corrected chi connectivity index (χ1v) is 6.66. The van der Waals surface area contributed by atoms with Gasteiger partial charge in [0, 0.05) is 0 Å². The van der Waals surface area contributed by atoms with Gasteiger partial charge in [0.25, 0.3) is 0 Å². The molecule has 1 aliphatic heterocycles. The Labute approximate surface area is 127 Å². The van der Waals surface area contributed by atoms with E-state index in [0.29, 0.717) is 17.2 Å². The van der Waals surface area contributed by atoms with E-state index in [-0.39, 0.29) is 23.9 Å². The molecule has 0 unspecified atom stereocenters. The number of methoxy groups -OCH3 is 1. The number of allylic oxidation sites excluding steroid dienone is 1. The highest BCUT2D eigenvalue weighted by atomic mass is 16.7. The molecule has 5 nitrogen and oxygen atoms in total. The third kappa shape index (κ3) is 2.74. The summed E-state index contributed by atoms with van der Waals surface area (Å²) in [5.74, 6) is 1.46. The van der Waals surface area contributed by atoms with Crippen molar-refractivity contribution in [3.8, 4) is 23.0 Å². The molecular weight excluding hydrogens is 284 g/mol. The maximum Gasteiger partial charge on any atom is 0.231 e. The molecule has 22 heavy (non-hydrogen) atoms. The van der Waals surface area contributed by atoms with Gasteiger partial charge in [-0.3, -0.25) is 4.79 Å². The minimum Gasteiger partial charge on any atom is -0.507 e. The van der Waals surface area contributed by atoms with Crippen LogP contribution in [0.4, 0.5) is 0 Å². The van der Waals surface area contributed by atoms with E-state index in [1.165, 1.54) is 25.3 Å². The second-order valence-corrected chi connectivity index (χ2v) is 4.69. The lowest BCUT2D eigenvalue weighted by molar-refractivity contribution is 0.104. The van der Waals surface area contributed by atoms with Crippen LogP contribution < -0.4 is 14.2 Å². The van der Waals surface area contributed by atoms with Gasteiger partial charge in [0.1, 0.15) is 11.5 Å². The smallest absolute Gasteiger partial charge is 0.231 e. The van der Waals surface area contributed by atoms with Gasteiger partial charge in [-0.05, 0) is 42.0 Å². The molecule has 112 valence electrons. The number of ketones is 1. The molecule has 1 aliphatic rings. The van der Waals surface area contributed by atoms with E-state index in [2.05, 4.69) is 0 Å². The average molecular weight is 298 g/mol. The molecule has 2 aromatic carbocycles. The van der Waals surface area contributed by atoms with E-state index in [4.69, 9.17) is 14.2 Å². The third-order valence-corrected chi connectivity index (χ3v) is 3.29. The lowest BCUT2D eigenvalue weighted by Crippen LogP contribution is -1.96. The Morgan fingerprint density at radius 1 is 1.18 bits per heavy atom. The van der Waals surface area contributed by atoms with Gasteiger partial charge in [-0.1, -0.05) is 12.1 Å². The zero-order valence-electron chi connectivity index (χ0n) is 11.9. The van der Waals surface area contributed by atoms with Gasteiger partial charge in [0.05, 0.1) is 12.7 Å². The maximum atomic E-state index is 12.2. The van der Waals surface area contributed by atoms with E-state index in [1.807, 2.05) is 6.07 Å². The molecule has 0 radical (unpaired) electrons. The van der Waals surface area contributed by atoms with E-state index >= 15 is 0 Å². The van der Waals surface area contributed by atoms with Crippen molar-refractivity contribution < 1.29 is 24.1 Å². The van der Waals surface area contributed by atoms with Crippen LogP contribution in [0, 0.1) is 0 Å². The van der Waals surface area contributed by atoms with Crippen molar-refractivity contribution in [2.75, 3.05) is 13.9 Å². The number of carbonyl (C=O) groups excluding carboxylic acids is 1. The molecule has 0 spiro atoms. The van der Waals surface area contributed by atoms with Crippen LogP contribution in [0.3, 0.4) is 0 Å². The molecule has 0 aliphatic carbocycles. The molecule has 0 aromatic heterocycles. The normalized spacial score (nSPS) is 12.6. The standard InChI is InChI=1S/C17H14O5/c1-20-12-4-6-15(19)13(9-12)14(18)5-2-11-3-7-16-17(8-11)22-10-21-16/h2-9,19H,10H2,1H3. The minimum atomic E-state index is -0.311. The van der Waals surface area contributed by atoms with Crippen molar-refractivity contribution in [1.29, 1.82) is 0 Å². The van der Waals surface area contributed by atoms with Crippen molar-refractivity contribution in [3.05, 3.63) is 53.6 Å². The monoisotopic (exact) mass is 298 g/mol. The molecule has 0 saturated heterocycles. The van der Waals surface area contributed by atoms with Gasteiger partial charge in [-0.15, -0.1) is 0 Å². The predicted octanol–water partition coefficient (Wildman–Crippen LogP) is 3.03. The summed E-state index contributed by atoms with van der Waals surface area (Å²) in [4.78, 5) is 12.2. The number of aromatic hydroxyl groups is 1. The molecule has 1 N–H and O–H groups in total. The second-order valence-electron chi connectivity index (χ2n) is 4.69. The minimum absolute atomic E-state index is 0.0823. The van der Waals surface area contributed by atoms with Gasteiger partial charge in [0.2, 0.25) is 6.79 Å². The van der Waals surface area contributed by atoms with Gasteiger partial charge < -0.3 is 19.3 Å². The fourth-order valence-electron chi connectivity index (χ4n) is 2.12. The van der Waals surface area contributed by atoms with Crippen LogP contribution in [0.2, 0.25) is 0 Å². The Bertz CT molecular complexity index is 749. The van der Waals surface area contributed by atoms with Crippen LogP contribution >= 0.6 is 0 Å². The molecule has 1 heterocycles. The van der Waals surface area contributed by atoms with E-state index in [1.54, 1.807) is 24.3 Å². The SMILES string of the molecule is COc1ccc(O)c(C(=O)C=Cc2ccc3c(c2)OCO3)c1. The average Bonchev–Trinajstić information content (AvgIpc) is 3.00. The highest BCUT2D eigenvalue weighted by Crippen LogP contribution is 2.33. The fraction of sp³-hybridized carbons (Fsp3) is 0.118. The second kappa shape index (κ2) is 5.81. The first-order chi connectivity index (χ1) is 10.7. The van der Waals surface area contributed by atoms with Crippen LogP contribution in [0.15, 0.2) is 42.5 Å². The van der Waals surface area contributed by atoms with Crippen LogP contribution in [0.25, 0.3) is 6.08 Å². The highest BCUT2D eigenvalue weighted by Gasteiger charge is 2.13. The van der Waals surface area contributed by atoms with Gasteiger partial charge in [0.15, 0.2) is 17.3 Å². The molecular formula is C17H14O5. The summed E-state index contributed by atoms with van der Waals surface area (Å²) in [6, 6.07) is 9.92. The van der Waals surface area contributed by atoms with Crippen LogP contribution in [-0.4, -0.2) is 24.8 Å². The molecule has 0 saturated carbocycles. The topological polar surface area (TPSA) is 65.0 Å². The Hall–Kier alpha value is -2.95. The quantitative estimate of drug-likeness (QED) is 0.694. The number of phenolic OH excluding ortho intramolecular Hbond substituents is 1. The lowest BCUT2D eigenvalue weighted by atomic mass is 10.1. The number of ether oxygens (including phenoxy) is 3. The molecule has 2 aromatic rings. The summed E-state index contributed by atoms with van der Waals surface area (Å²) in [6.45, 7) is 0.207. The van der Waals surface area contributed by atoms with Crippen molar-refractivity contribution in [1.82, 2.24) is 0 Å². The number of phenols is 1. The van der Waals surface area contributed by atoms with E-state index in [9.17, 15) is 9.90 Å². The predicted molar refractivity (Wildman–Crippen MR) is 80.6 cm³/mol. The lowest BCUT2D eigenvalue weighted by Gasteiger charge is -2.04. The maximum absolute atomic E-state index is 12.2. The number of hydrogen-bond acceptors (Lipinski definition) is 5. The Morgan fingerprint density at radius 3 is 2.82 bits per heavy atom. The summed E-state index contributed by atoms with van der Waals surface area (Å²) in [5.41, 5.74) is 0.997. The molecule has 5 heteroatoms. The highest BCUT2D eigenvalue weighted by molar-refractivity contribution is 6.08. The van der Waals surface area contributed by atoms with Crippen molar-refractivity contribution in [2.45, 2.75) is 0 Å².